The maximum atomic E-state index is 12.1. The van der Waals surface area contributed by atoms with Crippen molar-refractivity contribution < 1.29 is 19.7 Å². The molecule has 0 saturated carbocycles. The Morgan fingerprint density at radius 1 is 1.33 bits per heavy atom. The molecule has 1 aromatic rings. The molecule has 0 fully saturated rings. The van der Waals surface area contributed by atoms with Crippen LogP contribution in [0.4, 0.5) is 0 Å². The lowest BCUT2D eigenvalue weighted by atomic mass is 10.2. The van der Waals surface area contributed by atoms with Gasteiger partial charge in [0, 0.05) is 0 Å². The topological polar surface area (TPSA) is 104 Å². The van der Waals surface area contributed by atoms with Gasteiger partial charge in [-0.15, -0.1) is 0 Å². The molecule has 5 nitrogen and oxygen atoms in total. The highest BCUT2D eigenvalue weighted by molar-refractivity contribution is 7.58. The fourth-order valence-electron chi connectivity index (χ4n) is 1.64. The number of hydrogen-bond donors (Lipinski definition) is 4. The van der Waals surface area contributed by atoms with E-state index < -0.39 is 19.0 Å². The summed E-state index contributed by atoms with van der Waals surface area (Å²) in [5, 5.41) is 19.1. The van der Waals surface area contributed by atoms with Crippen molar-refractivity contribution in [2.45, 2.75) is 37.8 Å². The molecule has 0 amide bonds. The van der Waals surface area contributed by atoms with Crippen LogP contribution in [-0.4, -0.2) is 20.9 Å². The summed E-state index contributed by atoms with van der Waals surface area (Å²) >= 11 is 0. The molecule has 0 bridgehead atoms. The van der Waals surface area contributed by atoms with E-state index in [0.29, 0.717) is 6.42 Å². The van der Waals surface area contributed by atoms with Crippen molar-refractivity contribution >= 4 is 7.37 Å². The Hall–Kier alpha value is -0.870. The first-order valence-electron chi connectivity index (χ1n) is 5.94. The molecule has 102 valence electrons. The van der Waals surface area contributed by atoms with Crippen LogP contribution in [0.15, 0.2) is 24.3 Å². The van der Waals surface area contributed by atoms with Crippen molar-refractivity contribution in [1.29, 1.82) is 0 Å². The summed E-state index contributed by atoms with van der Waals surface area (Å²) in [6.45, 7) is 1.96. The minimum atomic E-state index is -3.89. The van der Waals surface area contributed by atoms with Crippen LogP contribution in [0.1, 0.15) is 37.6 Å². The van der Waals surface area contributed by atoms with E-state index in [-0.39, 0.29) is 11.3 Å². The van der Waals surface area contributed by atoms with Crippen molar-refractivity contribution in [3.8, 4) is 5.75 Å². The number of hydrogen-bond acceptors (Lipinski definition) is 4. The Balaban J connectivity index is 2.83. The average Bonchev–Trinajstić information content (AvgIpc) is 2.35. The van der Waals surface area contributed by atoms with Gasteiger partial charge in [-0.25, -0.2) is 0 Å². The predicted octanol–water partition coefficient (Wildman–Crippen LogP) is 2.13. The van der Waals surface area contributed by atoms with Gasteiger partial charge in [0.05, 0.1) is 5.78 Å². The third-order valence-corrected chi connectivity index (χ3v) is 5.08. The van der Waals surface area contributed by atoms with Crippen molar-refractivity contribution in [3.05, 3.63) is 29.8 Å². The highest BCUT2D eigenvalue weighted by atomic mass is 31.2. The van der Waals surface area contributed by atoms with Crippen LogP contribution in [-0.2, 0) is 4.57 Å². The van der Waals surface area contributed by atoms with Crippen LogP contribution < -0.4 is 5.73 Å². The number of nitrogens with two attached hydrogens (primary N) is 1. The molecular formula is C12H20NO4P. The van der Waals surface area contributed by atoms with Gasteiger partial charge >= 0.3 is 0 Å². The molecule has 18 heavy (non-hydrogen) atoms. The Morgan fingerprint density at radius 3 is 2.39 bits per heavy atom. The molecule has 1 rings (SSSR count). The molecule has 1 aromatic carbocycles. The first-order chi connectivity index (χ1) is 8.39. The number of phenolic OH excluding ortho intramolecular Hbond substituents is 1. The van der Waals surface area contributed by atoms with Gasteiger partial charge in [-0.2, -0.15) is 0 Å². The SMILES string of the molecule is CCCCC(N)P(=O)(O)C(O)c1ccc(O)cc1. The number of phenols is 1. The van der Waals surface area contributed by atoms with E-state index >= 15 is 0 Å². The normalized spacial score (nSPS) is 18.0. The van der Waals surface area contributed by atoms with E-state index in [1.165, 1.54) is 24.3 Å². The summed E-state index contributed by atoms with van der Waals surface area (Å²) in [6.07, 6.45) is 2.02. The maximum absolute atomic E-state index is 12.1. The number of rotatable bonds is 6. The maximum Gasteiger partial charge on any atom is 0.248 e. The first-order valence-corrected chi connectivity index (χ1v) is 7.74. The summed E-state index contributed by atoms with van der Waals surface area (Å²) < 4.78 is 12.1. The van der Waals surface area contributed by atoms with Crippen LogP contribution in [0, 0.1) is 0 Å². The smallest absolute Gasteiger partial charge is 0.248 e. The standard InChI is InChI=1S/C12H20NO4P/c1-2-3-4-11(13)18(16,17)12(15)9-5-7-10(14)8-6-9/h5-8,11-12,14-15H,2-4,13H2,1H3,(H,16,17). The molecule has 5 N–H and O–H groups in total. The number of unbranched alkanes of at least 4 members (excludes halogenated alkanes) is 1. The minimum Gasteiger partial charge on any atom is -0.508 e. The number of benzene rings is 1. The second kappa shape index (κ2) is 6.34. The second-order valence-corrected chi connectivity index (χ2v) is 6.84. The molecule has 0 aliphatic rings. The van der Waals surface area contributed by atoms with Gasteiger partial charge in [-0.05, 0) is 24.1 Å². The summed E-state index contributed by atoms with van der Waals surface area (Å²) in [7, 11) is -3.89. The van der Waals surface area contributed by atoms with E-state index in [1.807, 2.05) is 6.92 Å². The second-order valence-electron chi connectivity index (χ2n) is 4.35. The van der Waals surface area contributed by atoms with Gasteiger partial charge in [0.2, 0.25) is 7.37 Å². The lowest BCUT2D eigenvalue weighted by molar-refractivity contribution is 0.230. The zero-order chi connectivity index (χ0) is 13.8. The quantitative estimate of drug-likeness (QED) is 0.594. The Kier molecular flexibility index (Phi) is 5.35. The minimum absolute atomic E-state index is 0.0361. The molecule has 3 atom stereocenters. The lowest BCUT2D eigenvalue weighted by Gasteiger charge is -2.24. The van der Waals surface area contributed by atoms with Crippen molar-refractivity contribution in [2.24, 2.45) is 5.73 Å². The van der Waals surface area contributed by atoms with E-state index in [2.05, 4.69) is 0 Å². The van der Waals surface area contributed by atoms with Crippen LogP contribution in [0.25, 0.3) is 0 Å². The van der Waals surface area contributed by atoms with E-state index in [1.54, 1.807) is 0 Å². The number of aliphatic hydroxyl groups excluding tert-OH is 1. The molecule has 0 heterocycles. The zero-order valence-corrected chi connectivity index (χ0v) is 11.3. The first kappa shape index (κ1) is 15.2. The van der Waals surface area contributed by atoms with Gasteiger partial charge in [0.15, 0.2) is 5.85 Å². The third kappa shape index (κ3) is 3.56. The Labute approximate surface area is 107 Å². The molecular weight excluding hydrogens is 253 g/mol. The largest absolute Gasteiger partial charge is 0.508 e. The molecule has 0 aliphatic carbocycles. The average molecular weight is 273 g/mol. The molecule has 0 saturated heterocycles. The molecule has 0 aliphatic heterocycles. The van der Waals surface area contributed by atoms with Gasteiger partial charge < -0.3 is 20.8 Å². The van der Waals surface area contributed by atoms with Crippen LogP contribution in [0.3, 0.4) is 0 Å². The van der Waals surface area contributed by atoms with Gasteiger partial charge in [0.25, 0.3) is 0 Å². The molecule has 3 unspecified atom stereocenters. The summed E-state index contributed by atoms with van der Waals surface area (Å²) in [4.78, 5) is 9.92. The Bertz CT molecular complexity index is 421. The monoisotopic (exact) mass is 273 g/mol. The van der Waals surface area contributed by atoms with Crippen LogP contribution >= 0.6 is 7.37 Å². The van der Waals surface area contributed by atoms with Gasteiger partial charge in [0.1, 0.15) is 5.75 Å². The van der Waals surface area contributed by atoms with Crippen molar-refractivity contribution in [3.63, 3.8) is 0 Å². The van der Waals surface area contributed by atoms with Crippen LogP contribution in [0.5, 0.6) is 5.75 Å². The molecule has 6 heteroatoms. The van der Waals surface area contributed by atoms with Gasteiger partial charge in [-0.3, -0.25) is 4.57 Å². The van der Waals surface area contributed by atoms with E-state index in [0.717, 1.165) is 12.8 Å². The van der Waals surface area contributed by atoms with Crippen molar-refractivity contribution in [1.82, 2.24) is 0 Å². The number of aromatic hydroxyl groups is 1. The fraction of sp³-hybridized carbons (Fsp3) is 0.500. The highest BCUT2D eigenvalue weighted by Crippen LogP contribution is 2.57. The Morgan fingerprint density at radius 2 is 1.89 bits per heavy atom. The zero-order valence-electron chi connectivity index (χ0n) is 10.4. The highest BCUT2D eigenvalue weighted by Gasteiger charge is 2.36. The molecule has 0 aromatic heterocycles. The summed E-state index contributed by atoms with van der Waals surface area (Å²) in [5.74, 6) is -2.40. The fourth-order valence-corrected chi connectivity index (χ4v) is 3.15. The predicted molar refractivity (Wildman–Crippen MR) is 70.4 cm³/mol. The summed E-state index contributed by atoms with van der Waals surface area (Å²) in [5.41, 5.74) is 5.97. The summed E-state index contributed by atoms with van der Waals surface area (Å²) in [6, 6.07) is 5.54. The molecule has 0 spiro atoms. The number of aliphatic hydroxyl groups is 1. The van der Waals surface area contributed by atoms with Gasteiger partial charge in [-0.1, -0.05) is 31.9 Å². The van der Waals surface area contributed by atoms with Crippen molar-refractivity contribution in [2.75, 3.05) is 0 Å². The third-order valence-electron chi connectivity index (χ3n) is 2.87. The lowest BCUT2D eigenvalue weighted by Crippen LogP contribution is -2.23. The van der Waals surface area contributed by atoms with Crippen LogP contribution in [0.2, 0.25) is 0 Å². The van der Waals surface area contributed by atoms with E-state index in [4.69, 9.17) is 10.8 Å². The van der Waals surface area contributed by atoms with E-state index in [9.17, 15) is 14.6 Å². The molecule has 0 radical (unpaired) electrons.